The second-order valence-electron chi connectivity index (χ2n) is 7.58. The van der Waals surface area contributed by atoms with E-state index < -0.39 is 0 Å². The van der Waals surface area contributed by atoms with Crippen LogP contribution in [-0.2, 0) is 14.4 Å². The lowest BCUT2D eigenvalue weighted by atomic mass is 9.82. The minimum absolute atomic E-state index is 0.0506. The van der Waals surface area contributed by atoms with E-state index in [-0.39, 0.29) is 29.8 Å². The van der Waals surface area contributed by atoms with Gasteiger partial charge in [0.2, 0.25) is 0 Å². The van der Waals surface area contributed by atoms with Gasteiger partial charge in [0.25, 0.3) is 0 Å². The second kappa shape index (κ2) is 7.02. The number of ether oxygens (including phenoxy) is 1. The molecule has 1 heterocycles. The van der Waals surface area contributed by atoms with Crippen molar-refractivity contribution >= 4 is 5.97 Å². The Hall–Kier alpha value is -1.39. The molecule has 2 rings (SSSR count). The Morgan fingerprint density at radius 2 is 1.70 bits per heavy atom. The van der Waals surface area contributed by atoms with Crippen LogP contribution in [0.1, 0.15) is 65.5 Å². The highest BCUT2D eigenvalue weighted by Gasteiger charge is 2.43. The number of hydrogen-bond donors (Lipinski definition) is 0. The van der Waals surface area contributed by atoms with Crippen molar-refractivity contribution in [2.75, 3.05) is 6.61 Å². The molecule has 23 heavy (non-hydrogen) atoms. The molecular formula is C19H29NO3. The quantitative estimate of drug-likeness (QED) is 0.760. The van der Waals surface area contributed by atoms with Gasteiger partial charge in [0, 0.05) is 18.0 Å². The normalized spacial score (nSPS) is 21.6. The highest BCUT2D eigenvalue weighted by molar-refractivity contribution is 5.65. The summed E-state index contributed by atoms with van der Waals surface area (Å²) in [4.78, 5) is 17.6. The van der Waals surface area contributed by atoms with Gasteiger partial charge in [0.15, 0.2) is 0 Å². The van der Waals surface area contributed by atoms with Crippen LogP contribution in [0.15, 0.2) is 30.3 Å². The van der Waals surface area contributed by atoms with Gasteiger partial charge < -0.3 is 4.74 Å². The van der Waals surface area contributed by atoms with Gasteiger partial charge in [-0.1, -0.05) is 30.3 Å². The van der Waals surface area contributed by atoms with Gasteiger partial charge >= 0.3 is 5.97 Å². The lowest BCUT2D eigenvalue weighted by Gasteiger charge is -2.52. The topological polar surface area (TPSA) is 38.8 Å². The molecule has 4 nitrogen and oxygen atoms in total. The van der Waals surface area contributed by atoms with Crippen molar-refractivity contribution in [1.29, 1.82) is 0 Å². The van der Waals surface area contributed by atoms with Crippen LogP contribution in [0, 0.1) is 0 Å². The Labute approximate surface area is 139 Å². The second-order valence-corrected chi connectivity index (χ2v) is 7.58. The molecule has 0 amide bonds. The third-order valence-electron chi connectivity index (χ3n) is 4.52. The van der Waals surface area contributed by atoms with Crippen molar-refractivity contribution in [3.8, 4) is 0 Å². The van der Waals surface area contributed by atoms with E-state index in [0.29, 0.717) is 0 Å². The van der Waals surface area contributed by atoms with Gasteiger partial charge in [-0.25, -0.2) is 0 Å². The Morgan fingerprint density at radius 3 is 2.22 bits per heavy atom. The summed E-state index contributed by atoms with van der Waals surface area (Å²) in [5, 5.41) is 2.12. The molecule has 0 radical (unpaired) electrons. The third kappa shape index (κ3) is 4.55. The molecule has 0 aliphatic carbocycles. The number of carbonyl (C=O) groups excluding carboxylic acids is 1. The van der Waals surface area contributed by atoms with Crippen molar-refractivity contribution in [1.82, 2.24) is 5.06 Å². The molecule has 1 fully saturated rings. The molecule has 4 heteroatoms. The number of piperidine rings is 1. The zero-order valence-corrected chi connectivity index (χ0v) is 15.0. The first-order valence-electron chi connectivity index (χ1n) is 8.38. The van der Waals surface area contributed by atoms with Gasteiger partial charge in [0.1, 0.15) is 12.7 Å². The highest BCUT2D eigenvalue weighted by Crippen LogP contribution is 2.40. The molecule has 1 aliphatic heterocycles. The first kappa shape index (κ1) is 18.0. The number of hydrogen-bond acceptors (Lipinski definition) is 4. The Bertz CT molecular complexity index is 509. The van der Waals surface area contributed by atoms with Gasteiger partial charge in [-0.05, 0) is 52.5 Å². The molecule has 0 bridgehead atoms. The number of esters is 1. The van der Waals surface area contributed by atoms with Gasteiger partial charge in [0.05, 0.1) is 0 Å². The minimum Gasteiger partial charge on any atom is -0.463 e. The van der Waals surface area contributed by atoms with E-state index in [0.717, 1.165) is 18.4 Å². The van der Waals surface area contributed by atoms with E-state index in [1.807, 2.05) is 30.3 Å². The fourth-order valence-corrected chi connectivity index (χ4v) is 3.44. The van der Waals surface area contributed by atoms with Crippen molar-refractivity contribution in [3.05, 3.63) is 35.9 Å². The molecule has 1 aromatic rings. The minimum atomic E-state index is -0.295. The van der Waals surface area contributed by atoms with Gasteiger partial charge in [-0.3, -0.25) is 9.63 Å². The SMILES string of the molecule is CC(=O)OCC(ON1C(C)(C)CCCC1(C)C)c1ccccc1. The lowest BCUT2D eigenvalue weighted by molar-refractivity contribution is -0.311. The standard InChI is InChI=1S/C19H29NO3/c1-15(21)22-14-17(16-10-7-6-8-11-16)23-20-18(2,3)12-9-13-19(20,4)5/h6-8,10-11,17H,9,12-14H2,1-5H3. The largest absolute Gasteiger partial charge is 0.463 e. The maximum atomic E-state index is 11.2. The maximum Gasteiger partial charge on any atom is 0.302 e. The number of hydroxylamine groups is 2. The van der Waals surface area contributed by atoms with Crippen LogP contribution in [0.5, 0.6) is 0 Å². The molecule has 0 saturated carbocycles. The van der Waals surface area contributed by atoms with E-state index in [1.165, 1.54) is 13.3 Å². The van der Waals surface area contributed by atoms with Crippen molar-refractivity contribution in [2.45, 2.75) is 71.1 Å². The molecule has 1 unspecified atom stereocenters. The van der Waals surface area contributed by atoms with E-state index in [2.05, 4.69) is 32.8 Å². The first-order chi connectivity index (χ1) is 10.7. The molecule has 1 aliphatic rings. The fraction of sp³-hybridized carbons (Fsp3) is 0.632. The van der Waals surface area contributed by atoms with Crippen LogP contribution in [0.2, 0.25) is 0 Å². The lowest BCUT2D eigenvalue weighted by Crippen LogP contribution is -2.58. The van der Waals surface area contributed by atoms with Crippen LogP contribution in [0.25, 0.3) is 0 Å². The average Bonchev–Trinajstić information content (AvgIpc) is 2.46. The van der Waals surface area contributed by atoms with Crippen LogP contribution in [0.3, 0.4) is 0 Å². The van der Waals surface area contributed by atoms with E-state index in [1.54, 1.807) is 0 Å². The monoisotopic (exact) mass is 319 g/mol. The van der Waals surface area contributed by atoms with Crippen molar-refractivity contribution < 1.29 is 14.4 Å². The number of benzene rings is 1. The molecule has 0 aromatic heterocycles. The molecule has 1 atom stereocenters. The summed E-state index contributed by atoms with van der Waals surface area (Å²) in [6, 6.07) is 9.95. The highest BCUT2D eigenvalue weighted by atomic mass is 16.7. The van der Waals surface area contributed by atoms with Crippen LogP contribution < -0.4 is 0 Å². The van der Waals surface area contributed by atoms with Gasteiger partial charge in [-0.15, -0.1) is 0 Å². The van der Waals surface area contributed by atoms with Crippen molar-refractivity contribution in [3.63, 3.8) is 0 Å². The predicted molar refractivity (Wildman–Crippen MR) is 90.7 cm³/mol. The van der Waals surface area contributed by atoms with Crippen LogP contribution >= 0.6 is 0 Å². The predicted octanol–water partition coefficient (Wildman–Crippen LogP) is 4.27. The number of carbonyl (C=O) groups is 1. The third-order valence-corrected chi connectivity index (χ3v) is 4.52. The van der Waals surface area contributed by atoms with Crippen molar-refractivity contribution in [2.24, 2.45) is 0 Å². The summed E-state index contributed by atoms with van der Waals surface area (Å²) < 4.78 is 5.25. The molecule has 128 valence electrons. The van der Waals surface area contributed by atoms with Crippen LogP contribution in [0.4, 0.5) is 0 Å². The smallest absolute Gasteiger partial charge is 0.302 e. The van der Waals surface area contributed by atoms with Crippen LogP contribution in [-0.4, -0.2) is 28.7 Å². The average molecular weight is 319 g/mol. The molecule has 1 aromatic carbocycles. The Balaban J connectivity index is 2.23. The summed E-state index contributed by atoms with van der Waals surface area (Å²) in [6.45, 7) is 10.5. The summed E-state index contributed by atoms with van der Waals surface area (Å²) in [5.74, 6) is -0.285. The summed E-state index contributed by atoms with van der Waals surface area (Å²) in [6.07, 6.45) is 3.08. The zero-order chi connectivity index (χ0) is 17.1. The molecular weight excluding hydrogens is 290 g/mol. The summed E-state index contributed by atoms with van der Waals surface area (Å²) in [5.41, 5.74) is 0.918. The van der Waals surface area contributed by atoms with Gasteiger partial charge in [-0.2, -0.15) is 5.06 Å². The van der Waals surface area contributed by atoms with E-state index in [9.17, 15) is 4.79 Å². The number of nitrogens with zero attached hydrogens (tertiary/aromatic N) is 1. The zero-order valence-electron chi connectivity index (χ0n) is 15.0. The fourth-order valence-electron chi connectivity index (χ4n) is 3.44. The molecule has 0 N–H and O–H groups in total. The summed E-state index contributed by atoms with van der Waals surface area (Å²) >= 11 is 0. The molecule has 0 spiro atoms. The first-order valence-corrected chi connectivity index (χ1v) is 8.38. The Morgan fingerprint density at radius 1 is 1.13 bits per heavy atom. The summed E-state index contributed by atoms with van der Waals surface area (Å²) in [7, 11) is 0. The van der Waals surface area contributed by atoms with E-state index in [4.69, 9.17) is 9.57 Å². The molecule has 1 saturated heterocycles. The van der Waals surface area contributed by atoms with E-state index >= 15 is 0 Å². The number of rotatable bonds is 5. The Kier molecular flexibility index (Phi) is 5.48. The maximum absolute atomic E-state index is 11.2.